The van der Waals surface area contributed by atoms with Crippen LogP contribution in [0, 0.1) is 24.6 Å². The van der Waals surface area contributed by atoms with Gasteiger partial charge in [0.05, 0.1) is 5.56 Å². The average molecular weight is 595 g/mol. The number of likely N-dealkylation sites (tertiary alicyclic amines) is 2. The summed E-state index contributed by atoms with van der Waals surface area (Å²) in [5.41, 5.74) is 2.59. The molecule has 5 rings (SSSR count). The van der Waals surface area contributed by atoms with Crippen LogP contribution < -0.4 is 5.32 Å². The summed E-state index contributed by atoms with van der Waals surface area (Å²) in [6.45, 7) is 16.1. The predicted octanol–water partition coefficient (Wildman–Crippen LogP) is 5.69. The summed E-state index contributed by atoms with van der Waals surface area (Å²) in [4.78, 5) is 36.0. The molecule has 10 heteroatoms. The van der Waals surface area contributed by atoms with Crippen LogP contribution in [0.1, 0.15) is 75.1 Å². The van der Waals surface area contributed by atoms with Crippen molar-refractivity contribution in [1.29, 1.82) is 0 Å². The Balaban J connectivity index is 1.41. The van der Waals surface area contributed by atoms with Crippen LogP contribution in [-0.2, 0) is 0 Å². The highest BCUT2D eigenvalue weighted by atomic mass is 19.1. The van der Waals surface area contributed by atoms with Crippen molar-refractivity contribution in [3.63, 3.8) is 0 Å². The van der Waals surface area contributed by atoms with Crippen molar-refractivity contribution in [3.8, 4) is 11.1 Å². The molecule has 0 saturated carbocycles. The number of aryl methyl sites for hydroxylation is 1. The maximum absolute atomic E-state index is 15.3. The molecule has 3 aromatic rings. The first-order valence-corrected chi connectivity index (χ1v) is 15.6. The first-order chi connectivity index (χ1) is 20.5. The molecule has 2 aromatic heterocycles. The van der Waals surface area contributed by atoms with E-state index in [1.807, 2.05) is 44.9 Å². The van der Waals surface area contributed by atoms with Gasteiger partial charge < -0.3 is 19.5 Å². The molecule has 232 valence electrons. The van der Waals surface area contributed by atoms with Crippen LogP contribution in [0.5, 0.6) is 0 Å². The smallest absolute Gasteiger partial charge is 0.317 e. The van der Waals surface area contributed by atoms with Gasteiger partial charge in [0.15, 0.2) is 0 Å². The second kappa shape index (κ2) is 12.6. The number of rotatable bonds is 8. The Morgan fingerprint density at radius 2 is 1.77 bits per heavy atom. The van der Waals surface area contributed by atoms with Gasteiger partial charge in [-0.2, -0.15) is 4.39 Å². The van der Waals surface area contributed by atoms with Crippen molar-refractivity contribution in [2.24, 2.45) is 5.92 Å². The van der Waals surface area contributed by atoms with Crippen molar-refractivity contribution in [2.45, 2.75) is 72.4 Å². The van der Waals surface area contributed by atoms with Crippen molar-refractivity contribution in [1.82, 2.24) is 29.4 Å². The minimum absolute atomic E-state index is 0.0210. The number of benzene rings is 1. The minimum atomic E-state index is -0.610. The van der Waals surface area contributed by atoms with Crippen molar-refractivity contribution >= 4 is 17.5 Å². The lowest BCUT2D eigenvalue weighted by atomic mass is 9.83. The van der Waals surface area contributed by atoms with E-state index in [1.165, 1.54) is 12.1 Å². The molecule has 0 aliphatic carbocycles. The van der Waals surface area contributed by atoms with E-state index in [0.29, 0.717) is 42.0 Å². The van der Waals surface area contributed by atoms with E-state index in [1.54, 1.807) is 22.3 Å². The number of carbonyl (C=O) groups is 2. The lowest BCUT2D eigenvalue weighted by Crippen LogP contribution is -2.54. The highest BCUT2D eigenvalue weighted by Crippen LogP contribution is 2.38. The van der Waals surface area contributed by atoms with E-state index in [9.17, 15) is 14.0 Å². The number of nitrogens with zero attached hydrogens (tertiary/aromatic N) is 5. The molecule has 0 spiro atoms. The molecule has 2 aliphatic rings. The number of piperidine rings is 1. The highest BCUT2D eigenvalue weighted by Gasteiger charge is 2.37. The number of aromatic nitrogens is 2. The van der Waals surface area contributed by atoms with Gasteiger partial charge >= 0.3 is 6.03 Å². The summed E-state index contributed by atoms with van der Waals surface area (Å²) in [5, 5.41) is 2.90. The minimum Gasteiger partial charge on any atom is -0.338 e. The zero-order valence-corrected chi connectivity index (χ0v) is 26.2. The summed E-state index contributed by atoms with van der Waals surface area (Å²) in [6, 6.07) is 6.47. The standard InChI is InChI=1S/C33H44F2N6O2/c1-7-36-33(43)38-13-11-23(12-14-38)21(5)39-17-25(18-39)24-15-28(30-31(35)37-22(6)41(30)19-24)27-10-9-26(34)16-29(27)32(42)40(8-2)20(3)4/h9-10,15-16,19-21,23,25H,7-8,11-14,17-18H2,1-6H3,(H,36,43)/t21-/m0/s1. The summed E-state index contributed by atoms with van der Waals surface area (Å²) in [6.07, 6.45) is 3.92. The lowest BCUT2D eigenvalue weighted by molar-refractivity contribution is 0.0455. The molecule has 2 fully saturated rings. The molecule has 0 unspecified atom stereocenters. The molecule has 4 heterocycles. The van der Waals surface area contributed by atoms with Crippen LogP contribution in [0.4, 0.5) is 13.6 Å². The van der Waals surface area contributed by atoms with Crippen molar-refractivity contribution < 1.29 is 18.4 Å². The predicted molar refractivity (Wildman–Crippen MR) is 164 cm³/mol. The van der Waals surface area contributed by atoms with Gasteiger partial charge in [-0.3, -0.25) is 9.69 Å². The molecule has 8 nitrogen and oxygen atoms in total. The summed E-state index contributed by atoms with van der Waals surface area (Å²) < 4.78 is 31.6. The third-order valence-corrected chi connectivity index (χ3v) is 9.41. The Kier molecular flexibility index (Phi) is 9.06. The van der Waals surface area contributed by atoms with Crippen molar-refractivity contribution in [3.05, 3.63) is 59.2 Å². The third-order valence-electron chi connectivity index (χ3n) is 9.41. The van der Waals surface area contributed by atoms with E-state index in [0.717, 1.165) is 44.6 Å². The molecule has 3 amide bonds. The molecular formula is C33H44F2N6O2. The molecule has 43 heavy (non-hydrogen) atoms. The Labute approximate surface area is 253 Å². The Morgan fingerprint density at radius 3 is 2.40 bits per heavy atom. The molecule has 1 aromatic carbocycles. The van der Waals surface area contributed by atoms with Gasteiger partial charge in [0.25, 0.3) is 5.91 Å². The fraction of sp³-hybridized carbons (Fsp3) is 0.545. The topological polar surface area (TPSA) is 73.2 Å². The first kappa shape index (κ1) is 30.9. The van der Waals surface area contributed by atoms with Gasteiger partial charge in [0.2, 0.25) is 5.95 Å². The van der Waals surface area contributed by atoms with E-state index >= 15 is 4.39 Å². The summed E-state index contributed by atoms with van der Waals surface area (Å²) >= 11 is 0. The van der Waals surface area contributed by atoms with Crippen LogP contribution in [0.3, 0.4) is 0 Å². The van der Waals surface area contributed by atoms with E-state index in [2.05, 4.69) is 22.1 Å². The number of imidazole rings is 1. The number of carbonyl (C=O) groups excluding carboxylic acids is 2. The monoisotopic (exact) mass is 594 g/mol. The maximum atomic E-state index is 15.3. The second-order valence-corrected chi connectivity index (χ2v) is 12.3. The average Bonchev–Trinajstić information content (AvgIpc) is 3.25. The number of fused-ring (bicyclic) bond motifs is 1. The Morgan fingerprint density at radius 1 is 1.07 bits per heavy atom. The molecule has 1 N–H and O–H groups in total. The third kappa shape index (κ3) is 5.98. The van der Waals surface area contributed by atoms with Gasteiger partial charge in [-0.1, -0.05) is 6.07 Å². The van der Waals surface area contributed by atoms with Gasteiger partial charge in [-0.15, -0.1) is 0 Å². The van der Waals surface area contributed by atoms with Crippen LogP contribution in [0.25, 0.3) is 16.6 Å². The van der Waals surface area contributed by atoms with Gasteiger partial charge in [0, 0.05) is 69.0 Å². The lowest BCUT2D eigenvalue weighted by Gasteiger charge is -2.47. The van der Waals surface area contributed by atoms with Gasteiger partial charge in [-0.25, -0.2) is 14.2 Å². The number of hydrogen-bond acceptors (Lipinski definition) is 4. The molecule has 0 radical (unpaired) electrons. The van der Waals surface area contributed by atoms with E-state index in [-0.39, 0.29) is 35.0 Å². The number of halogens is 2. The first-order valence-electron chi connectivity index (χ1n) is 15.6. The number of hydrogen-bond donors (Lipinski definition) is 1. The van der Waals surface area contributed by atoms with Crippen LogP contribution >= 0.6 is 0 Å². The molecule has 0 bridgehead atoms. The van der Waals surface area contributed by atoms with Crippen LogP contribution in [0.2, 0.25) is 0 Å². The Hall–Kier alpha value is -3.53. The number of pyridine rings is 1. The van der Waals surface area contributed by atoms with Gasteiger partial charge in [0.1, 0.15) is 17.2 Å². The summed E-state index contributed by atoms with van der Waals surface area (Å²) in [7, 11) is 0. The molecule has 2 saturated heterocycles. The van der Waals surface area contributed by atoms with E-state index in [4.69, 9.17) is 0 Å². The molecular weight excluding hydrogens is 550 g/mol. The van der Waals surface area contributed by atoms with Gasteiger partial charge in [-0.05, 0) is 89.6 Å². The normalized spacial score (nSPS) is 17.4. The Bertz CT molecular complexity index is 1490. The maximum Gasteiger partial charge on any atom is 0.317 e. The molecule has 2 aliphatic heterocycles. The fourth-order valence-corrected chi connectivity index (χ4v) is 6.79. The van der Waals surface area contributed by atoms with E-state index < -0.39 is 11.8 Å². The fourth-order valence-electron chi connectivity index (χ4n) is 6.79. The van der Waals surface area contributed by atoms with Crippen molar-refractivity contribution in [2.75, 3.05) is 39.3 Å². The number of amides is 3. The summed E-state index contributed by atoms with van der Waals surface area (Å²) in [5.74, 6) is -0.135. The SMILES string of the molecule is CCNC(=O)N1CCC([C@H](C)N2CC(c3cc(-c4ccc(F)cc4C(=O)N(CC)C(C)C)c4c(F)nc(C)n4c3)C2)CC1. The zero-order valence-electron chi connectivity index (χ0n) is 26.2. The van der Waals surface area contributed by atoms with Crippen LogP contribution in [0.15, 0.2) is 30.5 Å². The zero-order chi connectivity index (χ0) is 31.0. The number of urea groups is 1. The number of nitrogens with one attached hydrogen (secondary N) is 1. The highest BCUT2D eigenvalue weighted by molar-refractivity contribution is 6.03. The van der Waals surface area contributed by atoms with Crippen LogP contribution in [-0.4, -0.2) is 87.4 Å². The largest absolute Gasteiger partial charge is 0.338 e. The molecule has 1 atom stereocenters. The quantitative estimate of drug-likeness (QED) is 0.364. The second-order valence-electron chi connectivity index (χ2n) is 12.3.